The first-order chi connectivity index (χ1) is 9.11. The minimum atomic E-state index is -4.81. The molecule has 1 aromatic rings. The molecule has 3 N–H and O–H groups in total. The maximum Gasteiger partial charge on any atom is 0.417 e. The summed E-state index contributed by atoms with van der Waals surface area (Å²) < 4.78 is 64.1. The van der Waals surface area contributed by atoms with Gasteiger partial charge in [-0.15, -0.1) is 0 Å². The zero-order chi connectivity index (χ0) is 15.6. The average Bonchev–Trinajstić information content (AvgIpc) is 2.36. The van der Waals surface area contributed by atoms with Crippen molar-refractivity contribution in [3.8, 4) is 6.07 Å². The summed E-state index contributed by atoms with van der Waals surface area (Å²) in [5.41, 5.74) is 3.33. The predicted octanol–water partition coefficient (Wildman–Crippen LogP) is 1.20. The number of benzene rings is 1. The highest BCUT2D eigenvalue weighted by atomic mass is 32.2. The summed E-state index contributed by atoms with van der Waals surface area (Å²) in [6, 6.07) is 2.96. The second-order valence-electron chi connectivity index (χ2n) is 4.07. The summed E-state index contributed by atoms with van der Waals surface area (Å²) >= 11 is 0. The Balaban J connectivity index is 3.33. The highest BCUT2D eigenvalue weighted by molar-refractivity contribution is 7.89. The SMILES string of the molecule is C[C@@H](CN)NS(=O)(=O)c1ccc(C#N)c(C(F)(F)F)c1. The molecule has 1 aromatic carbocycles. The fourth-order valence-corrected chi connectivity index (χ4v) is 2.69. The summed E-state index contributed by atoms with van der Waals surface area (Å²) in [7, 11) is -4.12. The smallest absolute Gasteiger partial charge is 0.329 e. The summed E-state index contributed by atoms with van der Waals surface area (Å²) in [6.07, 6.45) is -4.81. The first-order valence-corrected chi connectivity index (χ1v) is 6.94. The lowest BCUT2D eigenvalue weighted by Crippen LogP contribution is -2.37. The second-order valence-corrected chi connectivity index (χ2v) is 5.79. The third-order valence-electron chi connectivity index (χ3n) is 2.44. The van der Waals surface area contributed by atoms with E-state index in [0.717, 1.165) is 12.1 Å². The molecule has 1 atom stereocenters. The van der Waals surface area contributed by atoms with Crippen molar-refractivity contribution in [3.63, 3.8) is 0 Å². The van der Waals surface area contributed by atoms with Crippen molar-refractivity contribution in [2.45, 2.75) is 24.0 Å². The van der Waals surface area contributed by atoms with Crippen molar-refractivity contribution in [2.24, 2.45) is 5.73 Å². The van der Waals surface area contributed by atoms with Gasteiger partial charge in [-0.2, -0.15) is 18.4 Å². The van der Waals surface area contributed by atoms with Crippen LogP contribution in [0.5, 0.6) is 0 Å². The zero-order valence-electron chi connectivity index (χ0n) is 10.4. The lowest BCUT2D eigenvalue weighted by Gasteiger charge is -2.14. The van der Waals surface area contributed by atoms with Gasteiger partial charge in [-0.25, -0.2) is 13.1 Å². The third kappa shape index (κ3) is 3.69. The Labute approximate surface area is 114 Å². The van der Waals surface area contributed by atoms with Crippen LogP contribution >= 0.6 is 0 Å². The Bertz CT molecular complexity index is 635. The van der Waals surface area contributed by atoms with Crippen LogP contribution in [0.4, 0.5) is 13.2 Å². The average molecular weight is 307 g/mol. The van der Waals surface area contributed by atoms with E-state index in [1.165, 1.54) is 13.0 Å². The van der Waals surface area contributed by atoms with Crippen LogP contribution in [0.2, 0.25) is 0 Å². The number of hydrogen-bond acceptors (Lipinski definition) is 4. The van der Waals surface area contributed by atoms with Crippen molar-refractivity contribution in [1.29, 1.82) is 5.26 Å². The number of nitrogens with one attached hydrogen (secondary N) is 1. The number of sulfonamides is 1. The van der Waals surface area contributed by atoms with Gasteiger partial charge in [-0.05, 0) is 25.1 Å². The van der Waals surface area contributed by atoms with Gasteiger partial charge in [0.1, 0.15) is 0 Å². The molecule has 0 radical (unpaired) electrons. The van der Waals surface area contributed by atoms with Crippen LogP contribution in [0.25, 0.3) is 0 Å². The number of halogens is 3. The molecule has 0 fully saturated rings. The summed E-state index contributed by atoms with van der Waals surface area (Å²) in [5, 5.41) is 8.63. The van der Waals surface area contributed by atoms with Crippen LogP contribution in [-0.2, 0) is 16.2 Å². The van der Waals surface area contributed by atoms with E-state index >= 15 is 0 Å². The molecule has 0 aliphatic rings. The molecule has 0 bridgehead atoms. The molecule has 0 amide bonds. The normalized spacial score (nSPS) is 13.8. The number of rotatable bonds is 4. The molecular formula is C11H12F3N3O2S. The molecule has 0 spiro atoms. The molecule has 1 rings (SSSR count). The van der Waals surface area contributed by atoms with Gasteiger partial charge in [0.15, 0.2) is 0 Å². The fourth-order valence-electron chi connectivity index (χ4n) is 1.40. The molecule has 0 saturated carbocycles. The van der Waals surface area contributed by atoms with Gasteiger partial charge in [0, 0.05) is 12.6 Å². The molecule has 9 heteroatoms. The Morgan fingerprint density at radius 2 is 2.05 bits per heavy atom. The molecule has 0 aliphatic carbocycles. The van der Waals surface area contributed by atoms with Crippen LogP contribution in [-0.4, -0.2) is 21.0 Å². The highest BCUT2D eigenvalue weighted by Crippen LogP contribution is 2.33. The topological polar surface area (TPSA) is 96.0 Å². The van der Waals surface area contributed by atoms with Gasteiger partial charge < -0.3 is 5.73 Å². The molecule has 0 heterocycles. The summed E-state index contributed by atoms with van der Waals surface area (Å²) in [5.74, 6) is 0. The maximum atomic E-state index is 12.7. The number of nitrogens with zero attached hydrogens (tertiary/aromatic N) is 1. The van der Waals surface area contributed by atoms with E-state index in [2.05, 4.69) is 4.72 Å². The Morgan fingerprint density at radius 1 is 1.45 bits per heavy atom. The standard InChI is InChI=1S/C11H12F3N3O2S/c1-7(5-15)17-20(18,19)9-3-2-8(6-16)10(4-9)11(12,13)14/h2-4,7,17H,5,15H2,1H3/t7-/m0/s1. The second kappa shape index (κ2) is 5.78. The van der Waals surface area contributed by atoms with Gasteiger partial charge in [-0.3, -0.25) is 0 Å². The number of hydrogen-bond donors (Lipinski definition) is 2. The Morgan fingerprint density at radius 3 is 2.50 bits per heavy atom. The van der Waals surface area contributed by atoms with E-state index in [4.69, 9.17) is 11.0 Å². The first kappa shape index (κ1) is 16.4. The van der Waals surface area contributed by atoms with Crippen molar-refractivity contribution < 1.29 is 21.6 Å². The molecule has 0 aliphatic heterocycles. The van der Waals surface area contributed by atoms with E-state index in [-0.39, 0.29) is 6.54 Å². The summed E-state index contributed by atoms with van der Waals surface area (Å²) in [6.45, 7) is 1.48. The molecule has 5 nitrogen and oxygen atoms in total. The van der Waals surface area contributed by atoms with E-state index in [9.17, 15) is 21.6 Å². The Kier molecular flexibility index (Phi) is 4.75. The zero-order valence-corrected chi connectivity index (χ0v) is 11.2. The van der Waals surface area contributed by atoms with E-state index in [1.54, 1.807) is 0 Å². The lowest BCUT2D eigenvalue weighted by molar-refractivity contribution is -0.137. The molecular weight excluding hydrogens is 295 g/mol. The van der Waals surface area contributed by atoms with Crippen molar-refractivity contribution in [3.05, 3.63) is 29.3 Å². The Hall–Kier alpha value is -1.63. The number of nitrogens with two attached hydrogens (primary N) is 1. The van der Waals surface area contributed by atoms with Crippen molar-refractivity contribution >= 4 is 10.0 Å². The van der Waals surface area contributed by atoms with Crippen LogP contribution in [0.1, 0.15) is 18.1 Å². The molecule has 0 saturated heterocycles. The maximum absolute atomic E-state index is 12.7. The molecule has 0 unspecified atom stereocenters. The van der Waals surface area contributed by atoms with Crippen molar-refractivity contribution in [1.82, 2.24) is 4.72 Å². The quantitative estimate of drug-likeness (QED) is 0.873. The minimum absolute atomic E-state index is 0.00162. The minimum Gasteiger partial charge on any atom is -0.329 e. The van der Waals surface area contributed by atoms with Gasteiger partial charge in [0.25, 0.3) is 0 Å². The number of nitriles is 1. The van der Waals surface area contributed by atoms with Gasteiger partial charge >= 0.3 is 6.18 Å². The monoisotopic (exact) mass is 307 g/mol. The van der Waals surface area contributed by atoms with Crippen molar-refractivity contribution in [2.75, 3.05) is 6.54 Å². The number of alkyl halides is 3. The van der Waals surface area contributed by atoms with Gasteiger partial charge in [0.05, 0.1) is 22.1 Å². The summed E-state index contributed by atoms with van der Waals surface area (Å²) in [4.78, 5) is -0.566. The van der Waals surface area contributed by atoms with E-state index in [0.29, 0.717) is 6.07 Å². The van der Waals surface area contributed by atoms with E-state index in [1.807, 2.05) is 0 Å². The van der Waals surface area contributed by atoms with Gasteiger partial charge in [-0.1, -0.05) is 0 Å². The van der Waals surface area contributed by atoms with E-state index < -0.39 is 38.3 Å². The first-order valence-electron chi connectivity index (χ1n) is 5.45. The fraction of sp³-hybridized carbons (Fsp3) is 0.364. The predicted molar refractivity (Wildman–Crippen MR) is 65.0 cm³/mol. The molecule has 20 heavy (non-hydrogen) atoms. The van der Waals surface area contributed by atoms with Crippen LogP contribution in [0.15, 0.2) is 23.1 Å². The lowest BCUT2D eigenvalue weighted by atomic mass is 10.1. The van der Waals surface area contributed by atoms with Gasteiger partial charge in [0.2, 0.25) is 10.0 Å². The molecule has 110 valence electrons. The van der Waals surface area contributed by atoms with Crippen LogP contribution < -0.4 is 10.5 Å². The molecule has 0 aromatic heterocycles. The van der Waals surface area contributed by atoms with Crippen LogP contribution in [0.3, 0.4) is 0 Å². The largest absolute Gasteiger partial charge is 0.417 e. The van der Waals surface area contributed by atoms with Crippen LogP contribution in [0, 0.1) is 11.3 Å². The third-order valence-corrected chi connectivity index (χ3v) is 4.02. The highest BCUT2D eigenvalue weighted by Gasteiger charge is 2.35.